The van der Waals surface area contributed by atoms with Gasteiger partial charge in [-0.1, -0.05) is 154 Å². The smallest absolute Gasteiger partial charge is 0.0967 e. The first-order chi connectivity index (χ1) is 27.5. The highest BCUT2D eigenvalue weighted by Crippen LogP contribution is 2.68. The van der Waals surface area contributed by atoms with E-state index in [0.29, 0.717) is 58.2 Å². The highest BCUT2D eigenvalue weighted by Gasteiger charge is 2.59. The molecule has 6 saturated carbocycles. The fourth-order valence-electron chi connectivity index (χ4n) is 15.5. The number of allylic oxidation sites excluding steroid dienone is 10. The zero-order valence-electron chi connectivity index (χ0n) is 39.4. The maximum absolute atomic E-state index is 6.49. The van der Waals surface area contributed by atoms with E-state index in [1.54, 1.807) is 11.1 Å². The van der Waals surface area contributed by atoms with Crippen molar-refractivity contribution in [3.63, 3.8) is 0 Å². The summed E-state index contributed by atoms with van der Waals surface area (Å²) in [5.74, 6) is 8.58. The molecule has 0 aromatic carbocycles. The van der Waals surface area contributed by atoms with Gasteiger partial charge in [-0.3, -0.25) is 0 Å². The summed E-state index contributed by atoms with van der Waals surface area (Å²) in [6.07, 6.45) is 38.7. The Bertz CT molecular complexity index is 1580. The number of hydrogen-bond acceptors (Lipinski definition) is 2. The van der Waals surface area contributed by atoms with Crippen LogP contribution in [0.1, 0.15) is 173 Å². The van der Waals surface area contributed by atoms with Crippen molar-refractivity contribution in [3.8, 4) is 0 Å². The van der Waals surface area contributed by atoms with Crippen LogP contribution >= 0.6 is 0 Å². The SMILES string of the molecule is CC(C)[C@@H](C)/C=C/[C@@H](C)[C@H]1CC[C@@H]2C3=CC=C4C[C@@H](OO[C@H]5CC[C@@]6(C)C(=CC=C7[C@H]8CC[C@H]([C@H](C)/C=C/[C@H](C)C(C)C)[C@@]8(C)CC[C@H]76)C5)CC[C@]4(C)[C@@H]3CC[C@@]21C. The van der Waals surface area contributed by atoms with Crippen LogP contribution < -0.4 is 0 Å². The highest BCUT2D eigenvalue weighted by molar-refractivity contribution is 5.40. The van der Waals surface area contributed by atoms with Crippen LogP contribution in [0.25, 0.3) is 0 Å². The van der Waals surface area contributed by atoms with Crippen molar-refractivity contribution in [2.45, 2.75) is 185 Å². The Kier molecular flexibility index (Phi) is 12.0. The molecule has 16 atom stereocenters. The van der Waals surface area contributed by atoms with Gasteiger partial charge in [0.25, 0.3) is 0 Å². The van der Waals surface area contributed by atoms with Crippen LogP contribution in [0.5, 0.6) is 0 Å². The van der Waals surface area contributed by atoms with E-state index in [2.05, 4.69) is 132 Å². The molecule has 8 rings (SSSR count). The van der Waals surface area contributed by atoms with Gasteiger partial charge in [0, 0.05) is 0 Å². The number of fused-ring (bicyclic) bond motifs is 10. The van der Waals surface area contributed by atoms with Gasteiger partial charge < -0.3 is 0 Å². The molecule has 0 aromatic heterocycles. The molecule has 0 radical (unpaired) electrons. The average Bonchev–Trinajstić information content (AvgIpc) is 3.74. The van der Waals surface area contributed by atoms with Crippen LogP contribution in [0.4, 0.5) is 0 Å². The van der Waals surface area contributed by atoms with E-state index in [1.165, 1.54) is 64.2 Å². The van der Waals surface area contributed by atoms with E-state index >= 15 is 0 Å². The van der Waals surface area contributed by atoms with Gasteiger partial charge in [0.15, 0.2) is 0 Å². The van der Waals surface area contributed by atoms with Crippen LogP contribution in [0, 0.1) is 92.7 Å². The predicted octanol–water partition coefficient (Wildman–Crippen LogP) is 15.6. The maximum Gasteiger partial charge on any atom is 0.0967 e. The predicted molar refractivity (Wildman–Crippen MR) is 245 cm³/mol. The molecule has 0 N–H and O–H groups in total. The molecule has 322 valence electrons. The van der Waals surface area contributed by atoms with Crippen molar-refractivity contribution in [1.29, 1.82) is 0 Å². The minimum Gasteiger partial charge on any atom is -0.233 e. The van der Waals surface area contributed by atoms with Gasteiger partial charge in [-0.05, 0) is 183 Å². The molecule has 0 bridgehead atoms. The van der Waals surface area contributed by atoms with E-state index in [4.69, 9.17) is 9.78 Å². The summed E-state index contributed by atoms with van der Waals surface area (Å²) >= 11 is 0. The van der Waals surface area contributed by atoms with Gasteiger partial charge in [-0.25, -0.2) is 9.78 Å². The molecule has 0 amide bonds. The number of hydrogen-bond donors (Lipinski definition) is 0. The molecule has 58 heavy (non-hydrogen) atoms. The van der Waals surface area contributed by atoms with Gasteiger partial charge in [0.2, 0.25) is 0 Å². The summed E-state index contributed by atoms with van der Waals surface area (Å²) in [6.45, 7) is 29.8. The monoisotopic (exact) mass is 791 g/mol. The molecule has 0 aliphatic heterocycles. The fourth-order valence-corrected chi connectivity index (χ4v) is 15.5. The molecule has 0 unspecified atom stereocenters. The Morgan fingerprint density at radius 2 is 0.862 bits per heavy atom. The van der Waals surface area contributed by atoms with Crippen molar-refractivity contribution < 1.29 is 9.78 Å². The van der Waals surface area contributed by atoms with Crippen LogP contribution in [0.3, 0.4) is 0 Å². The first-order valence-electron chi connectivity index (χ1n) is 25.0. The van der Waals surface area contributed by atoms with Gasteiger partial charge in [0.1, 0.15) is 0 Å². The summed E-state index contributed by atoms with van der Waals surface area (Å²) in [7, 11) is 0. The zero-order chi connectivity index (χ0) is 41.4. The van der Waals surface area contributed by atoms with E-state index in [0.717, 1.165) is 49.4 Å². The normalized spacial score (nSPS) is 44.3. The Hall–Kier alpha value is -1.64. The lowest BCUT2D eigenvalue weighted by Gasteiger charge is -2.55. The molecule has 2 heteroatoms. The first kappa shape index (κ1) is 43.0. The summed E-state index contributed by atoms with van der Waals surface area (Å²) in [4.78, 5) is 13.0. The molecule has 8 aliphatic carbocycles. The third-order valence-corrected chi connectivity index (χ3v) is 20.3. The lowest BCUT2D eigenvalue weighted by atomic mass is 9.50. The van der Waals surface area contributed by atoms with E-state index < -0.39 is 0 Å². The molecule has 0 aromatic rings. The van der Waals surface area contributed by atoms with Gasteiger partial charge >= 0.3 is 0 Å². The Balaban J connectivity index is 0.884. The largest absolute Gasteiger partial charge is 0.233 e. The lowest BCUT2D eigenvalue weighted by Crippen LogP contribution is -2.47. The van der Waals surface area contributed by atoms with Crippen molar-refractivity contribution >= 4 is 0 Å². The van der Waals surface area contributed by atoms with Crippen LogP contribution in [0.15, 0.2) is 70.9 Å². The molecular weight excluding hydrogens is 705 g/mol. The van der Waals surface area contributed by atoms with Crippen molar-refractivity contribution in [2.75, 3.05) is 0 Å². The second-order valence-electron chi connectivity index (χ2n) is 23.8. The second kappa shape index (κ2) is 16.2. The summed E-state index contributed by atoms with van der Waals surface area (Å²) in [5, 5.41) is 0. The third kappa shape index (κ3) is 7.33. The van der Waals surface area contributed by atoms with Crippen molar-refractivity contribution in [2.24, 2.45) is 92.7 Å². The van der Waals surface area contributed by atoms with Crippen LogP contribution in [0.2, 0.25) is 0 Å². The molecule has 0 spiro atoms. The minimum absolute atomic E-state index is 0.178. The molecule has 2 nitrogen and oxygen atoms in total. The third-order valence-electron chi connectivity index (χ3n) is 20.3. The molecule has 0 saturated heterocycles. The summed E-state index contributed by atoms with van der Waals surface area (Å²) in [6, 6.07) is 0. The van der Waals surface area contributed by atoms with E-state index in [-0.39, 0.29) is 23.0 Å². The van der Waals surface area contributed by atoms with Gasteiger partial charge in [-0.2, -0.15) is 0 Å². The van der Waals surface area contributed by atoms with E-state index in [1.807, 2.05) is 11.1 Å². The standard InChI is InChI=1S/C56H86O2/c1-35(2)37(5)13-15-39(7)47-21-23-49-45-19-17-41-33-43(25-29-53(41,9)51(45)27-31-55(47,49)11)57-58-44-26-30-54(10)42(34-44)18-20-46-50-24-22-48(56(50,12)32-28-52(46)54)40(8)16-14-38(6)36(3)4/h13-20,35-40,43-44,47-52H,21-34H2,1-12H3/b15-13+,16-14+/t37-,38-,39+,40+,43-,44-,47+,48+,49+,50+,51+,52+,53-,54-,55+,56+/m0/s1. The maximum atomic E-state index is 6.49. The van der Waals surface area contributed by atoms with Crippen LogP contribution in [-0.2, 0) is 9.78 Å². The van der Waals surface area contributed by atoms with Crippen molar-refractivity contribution in [3.05, 3.63) is 70.9 Å². The topological polar surface area (TPSA) is 18.5 Å². The van der Waals surface area contributed by atoms with E-state index in [9.17, 15) is 0 Å². The van der Waals surface area contributed by atoms with Gasteiger partial charge in [-0.15, -0.1) is 0 Å². The summed E-state index contributed by atoms with van der Waals surface area (Å²) < 4.78 is 0. The molecule has 0 heterocycles. The van der Waals surface area contributed by atoms with Gasteiger partial charge in [0.05, 0.1) is 12.2 Å². The highest BCUT2D eigenvalue weighted by atomic mass is 17.2. The summed E-state index contributed by atoms with van der Waals surface area (Å²) in [5.41, 5.74) is 8.31. The average molecular weight is 791 g/mol. The lowest BCUT2D eigenvalue weighted by molar-refractivity contribution is -0.357. The Morgan fingerprint density at radius 1 is 0.466 bits per heavy atom. The van der Waals surface area contributed by atoms with Crippen molar-refractivity contribution in [1.82, 2.24) is 0 Å². The Morgan fingerprint density at radius 3 is 1.24 bits per heavy atom. The van der Waals surface area contributed by atoms with Crippen LogP contribution in [-0.4, -0.2) is 12.2 Å². The second-order valence-corrected chi connectivity index (χ2v) is 23.8. The molecular formula is C56H86O2. The molecule has 8 aliphatic rings. The Labute approximate surface area is 357 Å². The quantitative estimate of drug-likeness (QED) is 0.118. The zero-order valence-corrected chi connectivity index (χ0v) is 39.4. The first-order valence-corrected chi connectivity index (χ1v) is 25.0. The number of rotatable bonds is 11. The fraction of sp³-hybridized carbons (Fsp3) is 0.786. The minimum atomic E-state index is 0.178. The molecule has 6 fully saturated rings.